The van der Waals surface area contributed by atoms with Gasteiger partial charge in [-0.1, -0.05) is 0 Å². The Kier molecular flexibility index (Phi) is 3.23. The van der Waals surface area contributed by atoms with E-state index < -0.39 is 18.2 Å². The summed E-state index contributed by atoms with van der Waals surface area (Å²) in [6.07, 6.45) is -2.02. The molecular weight excluding hydrogens is 200 g/mol. The van der Waals surface area contributed by atoms with Crippen molar-refractivity contribution in [1.29, 1.82) is 0 Å². The van der Waals surface area contributed by atoms with Gasteiger partial charge >= 0.3 is 5.97 Å². The monoisotopic (exact) mass is 212 g/mol. The van der Waals surface area contributed by atoms with Crippen LogP contribution < -0.4 is 5.73 Å². The number of nitrogens with two attached hydrogens (primary N) is 1. The molecule has 0 aromatic carbocycles. The predicted molar refractivity (Wildman–Crippen MR) is 52.0 cm³/mol. The van der Waals surface area contributed by atoms with E-state index in [1.54, 1.807) is 6.92 Å². The van der Waals surface area contributed by atoms with Crippen molar-refractivity contribution in [3.8, 4) is 0 Å². The Labute approximate surface area is 86.0 Å². The fourth-order valence-electron chi connectivity index (χ4n) is 1.17. The number of aliphatic carboxylic acids is 1. The van der Waals surface area contributed by atoms with Crippen LogP contribution in [0.5, 0.6) is 0 Å². The summed E-state index contributed by atoms with van der Waals surface area (Å²) in [5, 5.41) is 27.2. The summed E-state index contributed by atoms with van der Waals surface area (Å²) >= 11 is 0. The number of nitrogens with zero attached hydrogens (tertiary/aromatic N) is 1. The van der Waals surface area contributed by atoms with E-state index in [0.717, 1.165) is 0 Å². The first-order valence-corrected chi connectivity index (χ1v) is 4.24. The molecule has 0 saturated heterocycles. The number of carbonyl (C=O) groups is 1. The van der Waals surface area contributed by atoms with E-state index in [0.29, 0.717) is 11.4 Å². The molecule has 0 fully saturated rings. The molecule has 0 spiro atoms. The average molecular weight is 212 g/mol. The number of carboxylic acids is 1. The molecule has 0 aliphatic rings. The highest BCUT2D eigenvalue weighted by molar-refractivity contribution is 5.73. The number of aryl methyl sites for hydroxylation is 1. The van der Waals surface area contributed by atoms with Gasteiger partial charge in [-0.2, -0.15) is 0 Å². The van der Waals surface area contributed by atoms with Crippen LogP contribution in [-0.4, -0.2) is 32.4 Å². The molecule has 0 saturated carbocycles. The Morgan fingerprint density at radius 1 is 1.53 bits per heavy atom. The first-order chi connectivity index (χ1) is 6.93. The molecular formula is C9H12N2O4. The quantitative estimate of drug-likeness (QED) is 0.534. The van der Waals surface area contributed by atoms with Crippen LogP contribution in [0.25, 0.3) is 0 Å². The highest BCUT2D eigenvalue weighted by Crippen LogP contribution is 2.21. The van der Waals surface area contributed by atoms with Crippen molar-refractivity contribution < 1.29 is 20.1 Å². The molecule has 0 radical (unpaired) electrons. The van der Waals surface area contributed by atoms with Gasteiger partial charge in [0.05, 0.1) is 11.9 Å². The van der Waals surface area contributed by atoms with Crippen molar-refractivity contribution in [2.75, 3.05) is 5.73 Å². The molecule has 0 aliphatic carbocycles. The van der Waals surface area contributed by atoms with Crippen LogP contribution in [0.15, 0.2) is 12.3 Å². The zero-order chi connectivity index (χ0) is 11.6. The molecule has 0 bridgehead atoms. The summed E-state index contributed by atoms with van der Waals surface area (Å²) in [6, 6.07) is 1.39. The van der Waals surface area contributed by atoms with Gasteiger partial charge in [0.2, 0.25) is 0 Å². The maximum absolute atomic E-state index is 10.4. The Morgan fingerprint density at radius 3 is 2.67 bits per heavy atom. The van der Waals surface area contributed by atoms with Gasteiger partial charge in [0.25, 0.3) is 0 Å². The predicted octanol–water partition coefficient (Wildman–Crippen LogP) is -0.549. The Hall–Kier alpha value is -1.66. The maximum Gasteiger partial charge on any atom is 0.335 e. The summed E-state index contributed by atoms with van der Waals surface area (Å²) in [5.41, 5.74) is 6.38. The van der Waals surface area contributed by atoms with Crippen molar-refractivity contribution in [1.82, 2.24) is 4.98 Å². The summed E-state index contributed by atoms with van der Waals surface area (Å²) < 4.78 is 0. The van der Waals surface area contributed by atoms with Crippen LogP contribution in [0, 0.1) is 6.92 Å². The molecule has 2 atom stereocenters. The van der Waals surface area contributed by atoms with Crippen molar-refractivity contribution in [2.24, 2.45) is 0 Å². The maximum atomic E-state index is 10.4. The van der Waals surface area contributed by atoms with E-state index in [4.69, 9.17) is 15.9 Å². The minimum absolute atomic E-state index is 0.213. The highest BCUT2D eigenvalue weighted by atomic mass is 16.4. The average Bonchev–Trinajstić information content (AvgIpc) is 2.19. The molecule has 2 unspecified atom stereocenters. The summed E-state index contributed by atoms with van der Waals surface area (Å²) in [4.78, 5) is 14.3. The molecule has 6 heteroatoms. The molecule has 1 rings (SSSR count). The topological polar surface area (TPSA) is 117 Å². The minimum Gasteiger partial charge on any atom is -0.479 e. The molecule has 1 aromatic heterocycles. The molecule has 82 valence electrons. The van der Waals surface area contributed by atoms with Gasteiger partial charge in [0.15, 0.2) is 6.10 Å². The van der Waals surface area contributed by atoms with E-state index in [2.05, 4.69) is 4.98 Å². The number of hydrogen-bond acceptors (Lipinski definition) is 5. The smallest absolute Gasteiger partial charge is 0.335 e. The van der Waals surface area contributed by atoms with Gasteiger partial charge in [-0.25, -0.2) is 4.79 Å². The van der Waals surface area contributed by atoms with E-state index in [1.807, 2.05) is 0 Å². The molecule has 0 aliphatic heterocycles. The molecule has 6 nitrogen and oxygen atoms in total. The summed E-state index contributed by atoms with van der Waals surface area (Å²) in [5.74, 6) is -1.50. The summed E-state index contributed by atoms with van der Waals surface area (Å²) in [6.45, 7) is 1.59. The normalized spacial score (nSPS) is 14.6. The molecule has 1 heterocycles. The van der Waals surface area contributed by atoms with Crippen LogP contribution in [0.3, 0.4) is 0 Å². The lowest BCUT2D eigenvalue weighted by Crippen LogP contribution is -2.28. The number of anilines is 1. The van der Waals surface area contributed by atoms with Gasteiger partial charge in [-0.05, 0) is 13.0 Å². The van der Waals surface area contributed by atoms with Crippen LogP contribution in [0.1, 0.15) is 17.4 Å². The zero-order valence-corrected chi connectivity index (χ0v) is 8.08. The first-order valence-electron chi connectivity index (χ1n) is 4.24. The van der Waals surface area contributed by atoms with Crippen molar-refractivity contribution >= 4 is 11.7 Å². The molecule has 15 heavy (non-hydrogen) atoms. The van der Waals surface area contributed by atoms with E-state index in [9.17, 15) is 9.90 Å². The van der Waals surface area contributed by atoms with E-state index in [1.165, 1.54) is 12.3 Å². The number of aromatic nitrogens is 1. The van der Waals surface area contributed by atoms with E-state index in [-0.39, 0.29) is 5.56 Å². The standard InChI is InChI=1S/C9H12N2O4/c1-4-6(2-5(10)3-11-4)7(12)8(13)9(14)15/h2-3,7-8,12-13H,10H2,1H3,(H,14,15). The Morgan fingerprint density at radius 2 is 2.13 bits per heavy atom. The highest BCUT2D eigenvalue weighted by Gasteiger charge is 2.26. The second-order valence-corrected chi connectivity index (χ2v) is 3.17. The third kappa shape index (κ3) is 2.42. The van der Waals surface area contributed by atoms with Crippen molar-refractivity contribution in [3.63, 3.8) is 0 Å². The van der Waals surface area contributed by atoms with Crippen LogP contribution in [0.4, 0.5) is 5.69 Å². The first kappa shape index (κ1) is 11.4. The Bertz CT molecular complexity index is 380. The van der Waals surface area contributed by atoms with E-state index >= 15 is 0 Å². The number of pyridine rings is 1. The minimum atomic E-state index is -1.88. The lowest BCUT2D eigenvalue weighted by atomic mass is 10.0. The van der Waals surface area contributed by atoms with Gasteiger partial charge in [-0.3, -0.25) is 4.98 Å². The lowest BCUT2D eigenvalue weighted by molar-refractivity contribution is -0.153. The third-order valence-electron chi connectivity index (χ3n) is 2.02. The van der Waals surface area contributed by atoms with Crippen molar-refractivity contribution in [2.45, 2.75) is 19.1 Å². The second-order valence-electron chi connectivity index (χ2n) is 3.17. The number of carboxylic acid groups (broad SMARTS) is 1. The fourth-order valence-corrected chi connectivity index (χ4v) is 1.17. The largest absolute Gasteiger partial charge is 0.479 e. The SMILES string of the molecule is Cc1ncc(N)cc1C(O)C(O)C(=O)O. The van der Waals surface area contributed by atoms with Crippen LogP contribution in [0.2, 0.25) is 0 Å². The lowest BCUT2D eigenvalue weighted by Gasteiger charge is -2.16. The number of rotatable bonds is 3. The van der Waals surface area contributed by atoms with Crippen LogP contribution >= 0.6 is 0 Å². The number of nitrogen functional groups attached to an aromatic ring is 1. The van der Waals surface area contributed by atoms with Gasteiger partial charge in [0.1, 0.15) is 6.10 Å². The molecule has 0 amide bonds. The number of hydrogen-bond donors (Lipinski definition) is 4. The van der Waals surface area contributed by atoms with Crippen molar-refractivity contribution in [3.05, 3.63) is 23.5 Å². The Balaban J connectivity index is 3.04. The van der Waals surface area contributed by atoms with Crippen LogP contribution in [-0.2, 0) is 4.79 Å². The number of aliphatic hydroxyl groups is 2. The van der Waals surface area contributed by atoms with Gasteiger partial charge in [0, 0.05) is 11.3 Å². The van der Waals surface area contributed by atoms with Gasteiger partial charge < -0.3 is 21.1 Å². The fraction of sp³-hybridized carbons (Fsp3) is 0.333. The van der Waals surface area contributed by atoms with Gasteiger partial charge in [-0.15, -0.1) is 0 Å². The third-order valence-corrected chi connectivity index (χ3v) is 2.02. The molecule has 1 aromatic rings. The summed E-state index contributed by atoms with van der Waals surface area (Å²) in [7, 11) is 0. The second kappa shape index (κ2) is 4.24. The molecule has 5 N–H and O–H groups in total. The number of aliphatic hydroxyl groups excluding tert-OH is 2. The zero-order valence-electron chi connectivity index (χ0n) is 8.08.